The zero-order chi connectivity index (χ0) is 12.5. The molecule has 0 spiro atoms. The number of aryl methyl sites for hydroxylation is 1. The molecule has 0 radical (unpaired) electrons. The van der Waals surface area contributed by atoms with Crippen LogP contribution in [0.1, 0.15) is 36.0 Å². The molecule has 0 amide bonds. The first kappa shape index (κ1) is 11.3. The molecule has 3 rings (SSSR count). The van der Waals surface area contributed by atoms with E-state index in [2.05, 4.69) is 62.4 Å². The van der Waals surface area contributed by atoms with Gasteiger partial charge in [-0.1, -0.05) is 48.0 Å². The van der Waals surface area contributed by atoms with Crippen LogP contribution in [0.2, 0.25) is 0 Å². The van der Waals surface area contributed by atoms with Crippen molar-refractivity contribution in [1.82, 2.24) is 0 Å². The van der Waals surface area contributed by atoms with Crippen LogP contribution in [-0.2, 0) is 0 Å². The van der Waals surface area contributed by atoms with Gasteiger partial charge in [-0.15, -0.1) is 0 Å². The molecule has 1 heteroatoms. The lowest BCUT2D eigenvalue weighted by molar-refractivity contribution is 0.183. The minimum absolute atomic E-state index is 0.283. The monoisotopic (exact) mass is 238 g/mol. The third-order valence-corrected chi connectivity index (χ3v) is 3.64. The van der Waals surface area contributed by atoms with Gasteiger partial charge in [0.05, 0.1) is 6.10 Å². The highest BCUT2D eigenvalue weighted by atomic mass is 16.5. The van der Waals surface area contributed by atoms with E-state index < -0.39 is 0 Å². The largest absolute Gasteiger partial charge is 0.490 e. The van der Waals surface area contributed by atoms with Gasteiger partial charge in [0.25, 0.3) is 0 Å². The van der Waals surface area contributed by atoms with Gasteiger partial charge in [-0.3, -0.25) is 0 Å². The molecule has 18 heavy (non-hydrogen) atoms. The number of rotatable bonds is 1. The minimum Gasteiger partial charge on any atom is -0.490 e. The summed E-state index contributed by atoms with van der Waals surface area (Å²) in [6.07, 6.45) is 1.34. The molecule has 92 valence electrons. The molecule has 2 aromatic rings. The quantitative estimate of drug-likeness (QED) is 0.719. The number of hydrogen-bond acceptors (Lipinski definition) is 1. The van der Waals surface area contributed by atoms with Crippen LogP contribution in [0, 0.1) is 6.92 Å². The first-order valence-electron chi connectivity index (χ1n) is 6.56. The van der Waals surface area contributed by atoms with Crippen LogP contribution in [-0.4, -0.2) is 6.10 Å². The fourth-order valence-electron chi connectivity index (χ4n) is 2.77. The first-order valence-corrected chi connectivity index (χ1v) is 6.56. The Kier molecular flexibility index (Phi) is 2.83. The average Bonchev–Trinajstić information content (AvgIpc) is 2.39. The molecule has 0 aliphatic carbocycles. The Hall–Kier alpha value is -1.76. The summed E-state index contributed by atoms with van der Waals surface area (Å²) in [4.78, 5) is 0. The van der Waals surface area contributed by atoms with Crippen molar-refractivity contribution in [2.24, 2.45) is 0 Å². The second-order valence-electron chi connectivity index (χ2n) is 5.17. The Morgan fingerprint density at radius 1 is 1.06 bits per heavy atom. The van der Waals surface area contributed by atoms with Crippen molar-refractivity contribution in [3.8, 4) is 5.75 Å². The van der Waals surface area contributed by atoms with Gasteiger partial charge in [-0.05, 0) is 31.9 Å². The lowest BCUT2D eigenvalue weighted by Crippen LogP contribution is -2.23. The minimum atomic E-state index is 0.283. The molecule has 1 aliphatic heterocycles. The smallest absolute Gasteiger partial charge is 0.123 e. The van der Waals surface area contributed by atoms with E-state index >= 15 is 0 Å². The van der Waals surface area contributed by atoms with Gasteiger partial charge >= 0.3 is 0 Å². The zero-order valence-corrected chi connectivity index (χ0v) is 10.9. The van der Waals surface area contributed by atoms with Crippen molar-refractivity contribution >= 4 is 0 Å². The van der Waals surface area contributed by atoms with Gasteiger partial charge in [0.2, 0.25) is 0 Å². The Labute approximate surface area is 108 Å². The summed E-state index contributed by atoms with van der Waals surface area (Å²) in [5.74, 6) is 1.51. The van der Waals surface area contributed by atoms with E-state index in [0.717, 1.165) is 12.2 Å². The molecule has 0 N–H and O–H groups in total. The fourth-order valence-corrected chi connectivity index (χ4v) is 2.77. The maximum absolute atomic E-state index is 5.94. The number of fused-ring (bicyclic) bond motifs is 1. The molecule has 2 atom stereocenters. The van der Waals surface area contributed by atoms with E-state index in [9.17, 15) is 0 Å². The summed E-state index contributed by atoms with van der Waals surface area (Å²) in [7, 11) is 0. The maximum Gasteiger partial charge on any atom is 0.123 e. The van der Waals surface area contributed by atoms with E-state index in [0.29, 0.717) is 5.92 Å². The highest BCUT2D eigenvalue weighted by Gasteiger charge is 2.26. The molecular weight excluding hydrogens is 220 g/mol. The van der Waals surface area contributed by atoms with Crippen LogP contribution in [0.15, 0.2) is 48.5 Å². The normalized spacial score (nSPS) is 22.1. The third-order valence-electron chi connectivity index (χ3n) is 3.64. The lowest BCUT2D eigenvalue weighted by atomic mass is 9.84. The molecule has 1 nitrogen and oxygen atoms in total. The van der Waals surface area contributed by atoms with Gasteiger partial charge in [0.15, 0.2) is 0 Å². The molecule has 0 fully saturated rings. The van der Waals surface area contributed by atoms with E-state index in [4.69, 9.17) is 4.74 Å². The first-order chi connectivity index (χ1) is 8.74. The van der Waals surface area contributed by atoms with Crippen LogP contribution in [0.25, 0.3) is 0 Å². The summed E-state index contributed by atoms with van der Waals surface area (Å²) in [6.45, 7) is 4.29. The van der Waals surface area contributed by atoms with Crippen molar-refractivity contribution in [1.29, 1.82) is 0 Å². The van der Waals surface area contributed by atoms with E-state index in [1.54, 1.807) is 0 Å². The predicted octanol–water partition coefficient (Wildman–Crippen LogP) is 4.30. The van der Waals surface area contributed by atoms with Crippen LogP contribution in [0.5, 0.6) is 5.75 Å². The van der Waals surface area contributed by atoms with Crippen LogP contribution in [0.3, 0.4) is 0 Å². The van der Waals surface area contributed by atoms with Gasteiger partial charge in [0.1, 0.15) is 5.75 Å². The average molecular weight is 238 g/mol. The highest BCUT2D eigenvalue weighted by Crippen LogP contribution is 2.40. The second-order valence-corrected chi connectivity index (χ2v) is 5.17. The molecule has 2 unspecified atom stereocenters. The fraction of sp³-hybridized carbons (Fsp3) is 0.294. The molecule has 0 saturated heterocycles. The van der Waals surface area contributed by atoms with Gasteiger partial charge in [0, 0.05) is 11.5 Å². The van der Waals surface area contributed by atoms with E-state index in [1.165, 1.54) is 16.7 Å². The lowest BCUT2D eigenvalue weighted by Gasteiger charge is -2.31. The predicted molar refractivity (Wildman–Crippen MR) is 74.2 cm³/mol. The van der Waals surface area contributed by atoms with Crippen LogP contribution >= 0.6 is 0 Å². The van der Waals surface area contributed by atoms with Gasteiger partial charge in [-0.2, -0.15) is 0 Å². The van der Waals surface area contributed by atoms with Crippen molar-refractivity contribution in [3.63, 3.8) is 0 Å². The number of hydrogen-bond donors (Lipinski definition) is 0. The van der Waals surface area contributed by atoms with Crippen molar-refractivity contribution < 1.29 is 4.74 Å². The molecule has 0 aromatic heterocycles. The summed E-state index contributed by atoms with van der Waals surface area (Å²) < 4.78 is 5.94. The van der Waals surface area contributed by atoms with Crippen molar-refractivity contribution in [2.45, 2.75) is 32.3 Å². The van der Waals surface area contributed by atoms with Crippen molar-refractivity contribution in [3.05, 3.63) is 65.2 Å². The second kappa shape index (κ2) is 4.49. The topological polar surface area (TPSA) is 9.23 Å². The Balaban J connectivity index is 2.09. The van der Waals surface area contributed by atoms with E-state index in [-0.39, 0.29) is 6.10 Å². The summed E-state index contributed by atoms with van der Waals surface area (Å²) >= 11 is 0. The summed E-state index contributed by atoms with van der Waals surface area (Å²) in [5.41, 5.74) is 4.02. The van der Waals surface area contributed by atoms with Crippen LogP contribution < -0.4 is 4.74 Å². The molecule has 0 bridgehead atoms. The Morgan fingerprint density at radius 3 is 2.61 bits per heavy atom. The Bertz CT molecular complexity index is 545. The van der Waals surface area contributed by atoms with Crippen molar-refractivity contribution in [2.75, 3.05) is 0 Å². The molecule has 0 saturated carbocycles. The number of ether oxygens (including phenoxy) is 1. The van der Waals surface area contributed by atoms with Gasteiger partial charge in [-0.25, -0.2) is 0 Å². The summed E-state index contributed by atoms with van der Waals surface area (Å²) in [6, 6.07) is 17.2. The SMILES string of the molecule is Cc1ccc2c(c1)C(c1ccccc1)CC(C)O2. The standard InChI is InChI=1S/C17H18O/c1-12-8-9-17-16(10-12)15(11-13(2)18-17)14-6-4-3-5-7-14/h3-10,13,15H,11H2,1-2H3. The summed E-state index contributed by atoms with van der Waals surface area (Å²) in [5, 5.41) is 0. The molecule has 1 aliphatic rings. The third kappa shape index (κ3) is 2.01. The Morgan fingerprint density at radius 2 is 1.83 bits per heavy atom. The number of benzene rings is 2. The highest BCUT2D eigenvalue weighted by molar-refractivity contribution is 5.45. The molecular formula is C17H18O. The van der Waals surface area contributed by atoms with Crippen LogP contribution in [0.4, 0.5) is 0 Å². The zero-order valence-electron chi connectivity index (χ0n) is 10.9. The van der Waals surface area contributed by atoms with Gasteiger partial charge < -0.3 is 4.74 Å². The molecule has 2 aromatic carbocycles. The maximum atomic E-state index is 5.94. The van der Waals surface area contributed by atoms with E-state index in [1.807, 2.05) is 0 Å². The molecule has 1 heterocycles.